The summed E-state index contributed by atoms with van der Waals surface area (Å²) in [5.41, 5.74) is 6.52. The first-order valence-electron chi connectivity index (χ1n) is 6.30. The standard InChI is InChI=1S/C13H16F3N3O.2ClH/c14-13(15,16)9-18-5-7-19(8-6-18)12(20)10-3-1-2-4-11(10)17;;/h1-4H,5-9,17H2;2*1H. The summed E-state index contributed by atoms with van der Waals surface area (Å²) in [6, 6.07) is 6.70. The lowest BCUT2D eigenvalue weighted by molar-refractivity contribution is -0.148. The molecule has 0 spiro atoms. The van der Waals surface area contributed by atoms with Gasteiger partial charge in [-0.15, -0.1) is 24.8 Å². The second kappa shape index (κ2) is 8.45. The fraction of sp³-hybridized carbons (Fsp3) is 0.462. The number of nitrogens with two attached hydrogens (primary N) is 1. The molecule has 126 valence electrons. The second-order valence-electron chi connectivity index (χ2n) is 4.77. The van der Waals surface area contributed by atoms with Gasteiger partial charge in [-0.1, -0.05) is 12.1 Å². The van der Waals surface area contributed by atoms with Crippen molar-refractivity contribution in [3.63, 3.8) is 0 Å². The van der Waals surface area contributed by atoms with Crippen LogP contribution in [0.2, 0.25) is 0 Å². The normalized spacial score (nSPS) is 15.7. The molecule has 1 aromatic rings. The van der Waals surface area contributed by atoms with Crippen LogP contribution in [0.3, 0.4) is 0 Å². The summed E-state index contributed by atoms with van der Waals surface area (Å²) in [5, 5.41) is 0. The van der Waals surface area contributed by atoms with Crippen molar-refractivity contribution in [1.82, 2.24) is 9.80 Å². The molecule has 1 heterocycles. The third kappa shape index (κ3) is 5.55. The number of halogens is 5. The highest BCUT2D eigenvalue weighted by atomic mass is 35.5. The van der Waals surface area contributed by atoms with E-state index in [4.69, 9.17) is 5.73 Å². The lowest BCUT2D eigenvalue weighted by atomic mass is 10.1. The number of hydrogen-bond donors (Lipinski definition) is 1. The zero-order valence-electron chi connectivity index (χ0n) is 11.7. The molecule has 1 amide bonds. The number of anilines is 1. The summed E-state index contributed by atoms with van der Waals surface area (Å²) in [6.07, 6.45) is -4.20. The van der Waals surface area contributed by atoms with Gasteiger partial charge in [0.25, 0.3) is 5.91 Å². The molecule has 9 heteroatoms. The molecule has 2 rings (SSSR count). The highest BCUT2D eigenvalue weighted by molar-refractivity contribution is 5.99. The number of para-hydroxylation sites is 1. The van der Waals surface area contributed by atoms with Gasteiger partial charge in [0.15, 0.2) is 0 Å². The number of nitrogen functional groups attached to an aromatic ring is 1. The van der Waals surface area contributed by atoms with E-state index in [0.717, 1.165) is 0 Å². The van der Waals surface area contributed by atoms with Crippen LogP contribution in [0.5, 0.6) is 0 Å². The van der Waals surface area contributed by atoms with Crippen molar-refractivity contribution >= 4 is 36.4 Å². The molecular weight excluding hydrogens is 342 g/mol. The number of piperazine rings is 1. The molecule has 1 saturated heterocycles. The Bertz CT molecular complexity index is 492. The summed E-state index contributed by atoms with van der Waals surface area (Å²) < 4.78 is 36.8. The molecule has 0 aliphatic carbocycles. The van der Waals surface area contributed by atoms with Gasteiger partial charge in [0.2, 0.25) is 0 Å². The Morgan fingerprint density at radius 2 is 1.64 bits per heavy atom. The van der Waals surface area contributed by atoms with Gasteiger partial charge in [0.05, 0.1) is 12.1 Å². The zero-order chi connectivity index (χ0) is 14.8. The molecule has 2 N–H and O–H groups in total. The van der Waals surface area contributed by atoms with Crippen LogP contribution >= 0.6 is 24.8 Å². The maximum absolute atomic E-state index is 12.3. The molecule has 0 saturated carbocycles. The molecule has 1 aliphatic heterocycles. The predicted molar refractivity (Wildman–Crippen MR) is 83.7 cm³/mol. The van der Waals surface area contributed by atoms with E-state index in [-0.39, 0.29) is 56.9 Å². The quantitative estimate of drug-likeness (QED) is 0.825. The highest BCUT2D eigenvalue weighted by Crippen LogP contribution is 2.19. The predicted octanol–water partition coefficient (Wildman–Crippen LogP) is 2.43. The number of alkyl halides is 3. The Morgan fingerprint density at radius 1 is 1.09 bits per heavy atom. The van der Waals surface area contributed by atoms with Crippen molar-refractivity contribution in [3.8, 4) is 0 Å². The van der Waals surface area contributed by atoms with Gasteiger partial charge in [0.1, 0.15) is 0 Å². The molecule has 4 nitrogen and oxygen atoms in total. The van der Waals surface area contributed by atoms with Crippen molar-refractivity contribution in [3.05, 3.63) is 29.8 Å². The van der Waals surface area contributed by atoms with Crippen LogP contribution in [-0.2, 0) is 0 Å². The lowest BCUT2D eigenvalue weighted by Gasteiger charge is -2.35. The van der Waals surface area contributed by atoms with E-state index in [0.29, 0.717) is 11.3 Å². The average molecular weight is 360 g/mol. The lowest BCUT2D eigenvalue weighted by Crippen LogP contribution is -2.51. The Morgan fingerprint density at radius 3 is 2.14 bits per heavy atom. The first-order valence-corrected chi connectivity index (χ1v) is 6.30. The number of benzene rings is 1. The first-order chi connectivity index (χ1) is 9.37. The van der Waals surface area contributed by atoms with Crippen molar-refractivity contribution in [2.24, 2.45) is 0 Å². The number of rotatable bonds is 2. The van der Waals surface area contributed by atoms with Gasteiger partial charge in [0, 0.05) is 31.9 Å². The molecule has 0 bridgehead atoms. The van der Waals surface area contributed by atoms with Crippen molar-refractivity contribution in [2.75, 3.05) is 38.5 Å². The summed E-state index contributed by atoms with van der Waals surface area (Å²) >= 11 is 0. The van der Waals surface area contributed by atoms with Gasteiger partial charge in [-0.3, -0.25) is 9.69 Å². The number of carbonyl (C=O) groups is 1. The Labute approximate surface area is 139 Å². The van der Waals surface area contributed by atoms with E-state index in [9.17, 15) is 18.0 Å². The molecule has 1 aromatic carbocycles. The summed E-state index contributed by atoms with van der Waals surface area (Å²) in [6.45, 7) is 0.0744. The fourth-order valence-corrected chi connectivity index (χ4v) is 2.22. The molecule has 0 aromatic heterocycles. The molecule has 22 heavy (non-hydrogen) atoms. The number of amides is 1. The minimum Gasteiger partial charge on any atom is -0.398 e. The number of nitrogens with zero attached hydrogens (tertiary/aromatic N) is 2. The zero-order valence-corrected chi connectivity index (χ0v) is 13.3. The molecule has 0 atom stereocenters. The minimum atomic E-state index is -4.20. The van der Waals surface area contributed by atoms with E-state index >= 15 is 0 Å². The molecular formula is C13H18Cl2F3N3O. The van der Waals surface area contributed by atoms with Crippen molar-refractivity contribution < 1.29 is 18.0 Å². The maximum Gasteiger partial charge on any atom is 0.401 e. The van der Waals surface area contributed by atoms with Gasteiger partial charge < -0.3 is 10.6 Å². The van der Waals surface area contributed by atoms with Crippen LogP contribution < -0.4 is 5.73 Å². The SMILES string of the molecule is Cl.Cl.Nc1ccccc1C(=O)N1CCN(CC(F)(F)F)CC1. The largest absolute Gasteiger partial charge is 0.401 e. The van der Waals surface area contributed by atoms with Crippen LogP contribution in [0.4, 0.5) is 18.9 Å². The van der Waals surface area contributed by atoms with Crippen molar-refractivity contribution in [1.29, 1.82) is 0 Å². The molecule has 1 fully saturated rings. The van der Waals surface area contributed by atoms with Crippen LogP contribution in [0.25, 0.3) is 0 Å². The topological polar surface area (TPSA) is 49.6 Å². The second-order valence-corrected chi connectivity index (χ2v) is 4.77. The molecule has 0 radical (unpaired) electrons. The van der Waals surface area contributed by atoms with Gasteiger partial charge in [-0.05, 0) is 12.1 Å². The number of hydrogen-bond acceptors (Lipinski definition) is 3. The third-order valence-electron chi connectivity index (χ3n) is 3.25. The summed E-state index contributed by atoms with van der Waals surface area (Å²) in [7, 11) is 0. The van der Waals surface area contributed by atoms with Gasteiger partial charge >= 0.3 is 6.18 Å². The van der Waals surface area contributed by atoms with E-state index in [1.165, 1.54) is 4.90 Å². The Balaban J connectivity index is 0.00000220. The fourth-order valence-electron chi connectivity index (χ4n) is 2.22. The number of carbonyl (C=O) groups excluding carboxylic acids is 1. The van der Waals surface area contributed by atoms with Crippen molar-refractivity contribution in [2.45, 2.75) is 6.18 Å². The van der Waals surface area contributed by atoms with E-state index in [1.807, 2.05) is 0 Å². The Hall–Kier alpha value is -1.18. The summed E-state index contributed by atoms with van der Waals surface area (Å²) in [4.78, 5) is 15.1. The monoisotopic (exact) mass is 359 g/mol. The molecule has 1 aliphatic rings. The average Bonchev–Trinajstić information content (AvgIpc) is 2.37. The van der Waals surface area contributed by atoms with Crippen LogP contribution in [0, 0.1) is 0 Å². The maximum atomic E-state index is 12.3. The first kappa shape index (κ1) is 20.8. The summed E-state index contributed by atoms with van der Waals surface area (Å²) in [5.74, 6) is -0.227. The highest BCUT2D eigenvalue weighted by Gasteiger charge is 2.33. The molecule has 0 unspecified atom stereocenters. The van der Waals surface area contributed by atoms with E-state index < -0.39 is 12.7 Å². The minimum absolute atomic E-state index is 0. The van der Waals surface area contributed by atoms with Gasteiger partial charge in [-0.25, -0.2) is 0 Å². The van der Waals surface area contributed by atoms with Crippen LogP contribution in [0.1, 0.15) is 10.4 Å². The Kier molecular flexibility index (Phi) is 8.00. The third-order valence-corrected chi connectivity index (χ3v) is 3.25. The van der Waals surface area contributed by atoms with E-state index in [2.05, 4.69) is 0 Å². The smallest absolute Gasteiger partial charge is 0.398 e. The van der Waals surface area contributed by atoms with E-state index in [1.54, 1.807) is 29.2 Å². The van der Waals surface area contributed by atoms with Crippen LogP contribution in [0.15, 0.2) is 24.3 Å². The van der Waals surface area contributed by atoms with Crippen LogP contribution in [-0.4, -0.2) is 54.6 Å². The van der Waals surface area contributed by atoms with Gasteiger partial charge in [-0.2, -0.15) is 13.2 Å².